The summed E-state index contributed by atoms with van der Waals surface area (Å²) in [6.07, 6.45) is -5.21. The number of alkyl halides is 4. The van der Waals surface area contributed by atoms with Crippen molar-refractivity contribution < 1.29 is 36.6 Å². The summed E-state index contributed by atoms with van der Waals surface area (Å²) in [4.78, 5) is 19.8. The van der Waals surface area contributed by atoms with Gasteiger partial charge in [-0.1, -0.05) is 30.3 Å². The van der Waals surface area contributed by atoms with Crippen LogP contribution in [0.4, 0.5) is 17.6 Å². The fourth-order valence-electron chi connectivity index (χ4n) is 4.32. The van der Waals surface area contributed by atoms with Gasteiger partial charge in [-0.25, -0.2) is 9.18 Å². The largest absolute Gasteiger partial charge is 0.493 e. The number of hydrogen-bond donors (Lipinski definition) is 1. The van der Waals surface area contributed by atoms with Crippen LogP contribution < -0.4 is 19.5 Å². The molecular formula is C26H23F4N5O4. The molecule has 4 aromatic rings. The topological polar surface area (TPSA) is 100 Å². The van der Waals surface area contributed by atoms with Gasteiger partial charge in [-0.2, -0.15) is 28.2 Å². The number of nitrogens with zero attached hydrogens (tertiary/aromatic N) is 4. The number of piperidine rings is 1. The van der Waals surface area contributed by atoms with Crippen molar-refractivity contribution in [1.29, 1.82) is 0 Å². The molecule has 5 rings (SSSR count). The number of aromatic nitrogens is 4. The molecule has 2 aromatic heterocycles. The van der Waals surface area contributed by atoms with Gasteiger partial charge in [-0.05, 0) is 19.0 Å². The number of nitrogens with one attached hydrogen (secondary N) is 1. The number of halogens is 4. The van der Waals surface area contributed by atoms with E-state index in [2.05, 4.69) is 25.1 Å². The van der Waals surface area contributed by atoms with Gasteiger partial charge in [0.15, 0.2) is 11.5 Å². The van der Waals surface area contributed by atoms with Crippen LogP contribution in [-0.2, 0) is 11.8 Å². The predicted molar refractivity (Wildman–Crippen MR) is 132 cm³/mol. The Labute approximate surface area is 219 Å². The van der Waals surface area contributed by atoms with Crippen LogP contribution in [0.3, 0.4) is 0 Å². The van der Waals surface area contributed by atoms with E-state index in [0.29, 0.717) is 35.2 Å². The van der Waals surface area contributed by atoms with E-state index in [1.54, 1.807) is 13.2 Å². The number of fused-ring (bicyclic) bond motifs is 1. The predicted octanol–water partition coefficient (Wildman–Crippen LogP) is 4.25. The molecule has 2 aromatic carbocycles. The minimum atomic E-state index is -5.25. The van der Waals surface area contributed by atoms with E-state index < -0.39 is 30.4 Å². The molecule has 0 saturated carbocycles. The molecule has 13 heteroatoms. The molecule has 204 valence electrons. The van der Waals surface area contributed by atoms with Crippen LogP contribution in [0.1, 0.15) is 6.42 Å². The third kappa shape index (κ3) is 5.48. The van der Waals surface area contributed by atoms with Gasteiger partial charge in [0, 0.05) is 42.4 Å². The maximum Gasteiger partial charge on any atom is 0.491 e. The minimum Gasteiger partial charge on any atom is -0.493 e. The lowest BCUT2D eigenvalue weighted by atomic mass is 10.0. The minimum absolute atomic E-state index is 0.110. The molecule has 2 atom stereocenters. The van der Waals surface area contributed by atoms with Gasteiger partial charge in [0.2, 0.25) is 0 Å². The van der Waals surface area contributed by atoms with Crippen molar-refractivity contribution in [2.75, 3.05) is 20.2 Å². The van der Waals surface area contributed by atoms with Gasteiger partial charge in [0.1, 0.15) is 18.0 Å². The first-order valence-corrected chi connectivity index (χ1v) is 11.9. The third-order valence-corrected chi connectivity index (χ3v) is 6.13. The van der Waals surface area contributed by atoms with Gasteiger partial charge >= 0.3 is 18.2 Å². The second-order valence-electron chi connectivity index (χ2n) is 8.86. The first-order chi connectivity index (χ1) is 18.6. The number of carbonyl (C=O) groups excluding carboxylic acids is 1. The fraction of sp³-hybridized carbons (Fsp3) is 0.308. The van der Waals surface area contributed by atoms with E-state index in [1.165, 1.54) is 23.9 Å². The van der Waals surface area contributed by atoms with Crippen LogP contribution in [0.15, 0.2) is 48.7 Å². The Morgan fingerprint density at radius 1 is 1.10 bits per heavy atom. The van der Waals surface area contributed by atoms with Crippen molar-refractivity contribution in [2.45, 2.75) is 24.9 Å². The molecule has 0 amide bonds. The summed E-state index contributed by atoms with van der Waals surface area (Å²) in [5.41, 5.74) is 1.87. The molecule has 0 radical (unpaired) electrons. The van der Waals surface area contributed by atoms with Gasteiger partial charge in [0.25, 0.3) is 0 Å². The molecule has 0 unspecified atom stereocenters. The molecule has 0 spiro atoms. The maximum atomic E-state index is 14.5. The summed E-state index contributed by atoms with van der Waals surface area (Å²) in [5, 5.41) is 7.81. The first kappa shape index (κ1) is 26.4. The number of ether oxygens (including phenoxy) is 3. The van der Waals surface area contributed by atoms with Gasteiger partial charge < -0.3 is 19.5 Å². The normalized spacial score (nSPS) is 17.7. The molecule has 1 fully saturated rings. The van der Waals surface area contributed by atoms with Gasteiger partial charge in [-0.3, -0.25) is 4.68 Å². The number of carbonyl (C=O) groups is 1. The van der Waals surface area contributed by atoms with Crippen LogP contribution in [0.5, 0.6) is 17.5 Å². The van der Waals surface area contributed by atoms with E-state index >= 15 is 0 Å². The number of esters is 1. The number of methoxy groups -OCH3 is 1. The van der Waals surface area contributed by atoms with Crippen LogP contribution in [0.25, 0.3) is 33.4 Å². The van der Waals surface area contributed by atoms with E-state index in [-0.39, 0.29) is 29.3 Å². The zero-order chi connectivity index (χ0) is 27.7. The lowest BCUT2D eigenvalue weighted by Gasteiger charge is -2.28. The number of benzene rings is 2. The smallest absolute Gasteiger partial charge is 0.491 e. The van der Waals surface area contributed by atoms with Crippen LogP contribution in [-0.4, -0.2) is 64.4 Å². The first-order valence-electron chi connectivity index (χ1n) is 11.9. The number of rotatable bonds is 6. The Morgan fingerprint density at radius 2 is 1.87 bits per heavy atom. The van der Waals surface area contributed by atoms with Gasteiger partial charge in [-0.15, -0.1) is 0 Å². The molecule has 9 nitrogen and oxygen atoms in total. The molecular weight excluding hydrogens is 522 g/mol. The molecule has 1 N–H and O–H groups in total. The highest BCUT2D eigenvalue weighted by atomic mass is 19.4. The summed E-state index contributed by atoms with van der Waals surface area (Å²) >= 11 is 0. The zero-order valence-corrected chi connectivity index (χ0v) is 20.8. The quantitative estimate of drug-likeness (QED) is 0.284. The van der Waals surface area contributed by atoms with E-state index in [1.807, 2.05) is 30.3 Å². The Bertz CT molecular complexity index is 1510. The van der Waals surface area contributed by atoms with Crippen molar-refractivity contribution in [3.63, 3.8) is 0 Å². The Hall–Kier alpha value is -4.26. The second-order valence-corrected chi connectivity index (χ2v) is 8.86. The number of aryl methyl sites for hydroxylation is 1. The average Bonchev–Trinajstić information content (AvgIpc) is 3.30. The summed E-state index contributed by atoms with van der Waals surface area (Å²) in [5.74, 6) is -2.09. The SMILES string of the molecule is COc1cc2nc(OC(=O)C(F)(F)F)nc(-c3cn(C)nc3-c3ccccc3)c2cc1O[C@@H]1CCNC[C@H]1F. The molecule has 0 bridgehead atoms. The maximum absolute atomic E-state index is 14.5. The lowest BCUT2D eigenvalue weighted by Crippen LogP contribution is -2.44. The zero-order valence-electron chi connectivity index (χ0n) is 20.8. The van der Waals surface area contributed by atoms with Crippen molar-refractivity contribution in [3.05, 3.63) is 48.7 Å². The standard InChI is InChI=1S/C26H23F4N5O4/c1-35-13-16(22(34-35)14-6-4-3-5-7-14)23-15-10-21(38-19-8-9-31-12-17(19)27)20(37-2)11-18(15)32-25(33-23)39-24(36)26(28,29)30/h3-7,10-11,13,17,19,31H,8-9,12H2,1-2H3/t17-,19-/m1/s1. The molecule has 3 heterocycles. The summed E-state index contributed by atoms with van der Waals surface area (Å²) in [7, 11) is 3.05. The molecule has 1 aliphatic heterocycles. The lowest BCUT2D eigenvalue weighted by molar-refractivity contribution is -0.190. The van der Waals surface area contributed by atoms with Crippen LogP contribution in [0.2, 0.25) is 0 Å². The van der Waals surface area contributed by atoms with Crippen molar-refractivity contribution >= 4 is 16.9 Å². The Balaban J connectivity index is 1.70. The molecule has 1 aliphatic rings. The monoisotopic (exact) mass is 545 g/mol. The summed E-state index contributed by atoms with van der Waals surface area (Å²) < 4.78 is 70.9. The van der Waals surface area contributed by atoms with Crippen LogP contribution in [0, 0.1) is 0 Å². The second kappa shape index (κ2) is 10.5. The van der Waals surface area contributed by atoms with Gasteiger partial charge in [0.05, 0.1) is 18.3 Å². The third-order valence-electron chi connectivity index (χ3n) is 6.13. The van der Waals surface area contributed by atoms with Crippen molar-refractivity contribution in [2.24, 2.45) is 7.05 Å². The number of hydrogen-bond acceptors (Lipinski definition) is 8. The van der Waals surface area contributed by atoms with Crippen molar-refractivity contribution in [3.8, 4) is 40.0 Å². The summed E-state index contributed by atoms with van der Waals surface area (Å²) in [6, 6.07) is 11.2. The molecule has 0 aliphatic carbocycles. The Morgan fingerprint density at radius 3 is 2.56 bits per heavy atom. The highest BCUT2D eigenvalue weighted by Gasteiger charge is 2.42. The summed E-state index contributed by atoms with van der Waals surface area (Å²) in [6.45, 7) is 0.707. The highest BCUT2D eigenvalue weighted by molar-refractivity contribution is 5.98. The van der Waals surface area contributed by atoms with Crippen molar-refractivity contribution in [1.82, 2.24) is 25.1 Å². The Kier molecular flexibility index (Phi) is 7.08. The fourth-order valence-corrected chi connectivity index (χ4v) is 4.32. The van der Waals surface area contributed by atoms with E-state index in [9.17, 15) is 22.4 Å². The molecule has 39 heavy (non-hydrogen) atoms. The van der Waals surface area contributed by atoms with Crippen LogP contribution >= 0.6 is 0 Å². The molecule has 1 saturated heterocycles. The van der Waals surface area contributed by atoms with E-state index in [4.69, 9.17) is 9.47 Å². The van der Waals surface area contributed by atoms with E-state index in [0.717, 1.165) is 0 Å². The highest BCUT2D eigenvalue weighted by Crippen LogP contribution is 2.40. The average molecular weight is 545 g/mol.